The van der Waals surface area contributed by atoms with E-state index in [1.165, 1.54) is 0 Å². The molecular weight excluding hydrogens is 336 g/mol. The second-order valence-electron chi connectivity index (χ2n) is 5.60. The largest absolute Gasteiger partial charge is 0.494 e. The molecular formula is C19H20N2O3S. The van der Waals surface area contributed by atoms with Crippen molar-refractivity contribution in [3.63, 3.8) is 0 Å². The highest BCUT2D eigenvalue weighted by molar-refractivity contribution is 7.13. The summed E-state index contributed by atoms with van der Waals surface area (Å²) >= 11 is 1.56. The summed E-state index contributed by atoms with van der Waals surface area (Å²) in [5.41, 5.74) is 1.36. The molecule has 1 amide bonds. The van der Waals surface area contributed by atoms with Crippen LogP contribution in [0.1, 0.15) is 24.8 Å². The zero-order valence-electron chi connectivity index (χ0n) is 14.2. The first-order chi connectivity index (χ1) is 12.2. The van der Waals surface area contributed by atoms with Crippen molar-refractivity contribution in [1.29, 1.82) is 0 Å². The predicted octanol–water partition coefficient (Wildman–Crippen LogP) is 4.68. The number of rotatable bonds is 7. The monoisotopic (exact) mass is 356 g/mol. The molecule has 2 aromatic heterocycles. The standard InChI is InChI=1S/C19H20N2O3S/c1-3-9-23-15-7-4-6-14(11-15)20-18(22)12-16-13(2)24-19(21-16)17-8-5-10-25-17/h4-8,10-11H,3,9,12H2,1-2H3,(H,20,22). The summed E-state index contributed by atoms with van der Waals surface area (Å²) < 4.78 is 11.3. The lowest BCUT2D eigenvalue weighted by atomic mass is 10.2. The third-order valence-corrected chi connectivity index (χ3v) is 4.40. The van der Waals surface area contributed by atoms with Crippen LogP contribution in [0.15, 0.2) is 46.2 Å². The van der Waals surface area contributed by atoms with E-state index in [2.05, 4.69) is 17.2 Å². The molecule has 0 bridgehead atoms. The number of oxazole rings is 1. The number of nitrogens with zero attached hydrogens (tertiary/aromatic N) is 1. The van der Waals surface area contributed by atoms with Crippen molar-refractivity contribution in [2.45, 2.75) is 26.7 Å². The minimum absolute atomic E-state index is 0.137. The highest BCUT2D eigenvalue weighted by Crippen LogP contribution is 2.26. The molecule has 0 unspecified atom stereocenters. The Kier molecular flexibility index (Phi) is 5.50. The van der Waals surface area contributed by atoms with Crippen molar-refractivity contribution in [2.24, 2.45) is 0 Å². The van der Waals surface area contributed by atoms with Gasteiger partial charge in [-0.1, -0.05) is 19.1 Å². The fourth-order valence-electron chi connectivity index (χ4n) is 2.34. The predicted molar refractivity (Wildman–Crippen MR) is 99.1 cm³/mol. The Morgan fingerprint density at radius 3 is 2.96 bits per heavy atom. The molecule has 0 radical (unpaired) electrons. The lowest BCUT2D eigenvalue weighted by Crippen LogP contribution is -2.15. The molecule has 0 fully saturated rings. The maximum Gasteiger partial charge on any atom is 0.236 e. The molecule has 3 aromatic rings. The molecule has 25 heavy (non-hydrogen) atoms. The number of ether oxygens (including phenoxy) is 1. The van der Waals surface area contributed by atoms with Crippen molar-refractivity contribution in [3.05, 3.63) is 53.2 Å². The van der Waals surface area contributed by atoms with Gasteiger partial charge in [-0.3, -0.25) is 4.79 Å². The molecule has 6 heteroatoms. The number of nitrogens with one attached hydrogen (secondary N) is 1. The number of benzene rings is 1. The molecule has 0 saturated carbocycles. The Morgan fingerprint density at radius 1 is 1.32 bits per heavy atom. The van der Waals surface area contributed by atoms with E-state index in [0.717, 1.165) is 17.0 Å². The average molecular weight is 356 g/mol. The van der Waals surface area contributed by atoms with E-state index in [9.17, 15) is 4.79 Å². The number of anilines is 1. The second-order valence-corrected chi connectivity index (χ2v) is 6.55. The first-order valence-electron chi connectivity index (χ1n) is 8.18. The number of aryl methyl sites for hydroxylation is 1. The summed E-state index contributed by atoms with van der Waals surface area (Å²) in [6.07, 6.45) is 1.11. The molecule has 1 N–H and O–H groups in total. The minimum atomic E-state index is -0.137. The van der Waals surface area contributed by atoms with Gasteiger partial charge in [-0.15, -0.1) is 11.3 Å². The maximum atomic E-state index is 12.3. The van der Waals surface area contributed by atoms with Crippen LogP contribution >= 0.6 is 11.3 Å². The summed E-state index contributed by atoms with van der Waals surface area (Å²) in [6.45, 7) is 4.53. The molecule has 5 nitrogen and oxygen atoms in total. The van der Waals surface area contributed by atoms with Gasteiger partial charge in [0.15, 0.2) is 0 Å². The number of hydrogen-bond donors (Lipinski definition) is 1. The van der Waals surface area contributed by atoms with Gasteiger partial charge in [0.1, 0.15) is 11.5 Å². The molecule has 0 atom stereocenters. The molecule has 2 heterocycles. The van der Waals surface area contributed by atoms with E-state index in [1.54, 1.807) is 11.3 Å². The van der Waals surface area contributed by atoms with Crippen LogP contribution in [0.25, 0.3) is 10.8 Å². The van der Waals surface area contributed by atoms with Crippen LogP contribution in [-0.4, -0.2) is 17.5 Å². The summed E-state index contributed by atoms with van der Waals surface area (Å²) in [5, 5.41) is 4.85. The molecule has 0 aliphatic rings. The van der Waals surface area contributed by atoms with Crippen LogP contribution in [0.3, 0.4) is 0 Å². The van der Waals surface area contributed by atoms with Crippen LogP contribution in [0.2, 0.25) is 0 Å². The third-order valence-electron chi connectivity index (χ3n) is 3.54. The molecule has 0 aliphatic carbocycles. The van der Waals surface area contributed by atoms with Crippen molar-refractivity contribution < 1.29 is 13.9 Å². The van der Waals surface area contributed by atoms with Gasteiger partial charge >= 0.3 is 0 Å². The van der Waals surface area contributed by atoms with Crippen molar-refractivity contribution in [1.82, 2.24) is 4.98 Å². The van der Waals surface area contributed by atoms with E-state index in [4.69, 9.17) is 9.15 Å². The number of thiophene rings is 1. The van der Waals surface area contributed by atoms with E-state index in [0.29, 0.717) is 29.6 Å². The van der Waals surface area contributed by atoms with E-state index in [-0.39, 0.29) is 12.3 Å². The Morgan fingerprint density at radius 2 is 2.20 bits per heavy atom. The van der Waals surface area contributed by atoms with E-state index >= 15 is 0 Å². The quantitative estimate of drug-likeness (QED) is 0.667. The minimum Gasteiger partial charge on any atom is -0.494 e. The zero-order chi connectivity index (χ0) is 17.6. The van der Waals surface area contributed by atoms with Gasteiger partial charge in [0.25, 0.3) is 0 Å². The van der Waals surface area contributed by atoms with Crippen LogP contribution in [0, 0.1) is 6.92 Å². The molecule has 130 valence electrons. The smallest absolute Gasteiger partial charge is 0.236 e. The Hall–Kier alpha value is -2.60. The van der Waals surface area contributed by atoms with Gasteiger partial charge in [-0.05, 0) is 36.9 Å². The van der Waals surface area contributed by atoms with Gasteiger partial charge in [0.2, 0.25) is 11.8 Å². The van der Waals surface area contributed by atoms with E-state index in [1.807, 2.05) is 48.7 Å². The van der Waals surface area contributed by atoms with Crippen molar-refractivity contribution >= 4 is 22.9 Å². The number of amides is 1. The number of carbonyl (C=O) groups excluding carboxylic acids is 1. The number of carbonyl (C=O) groups is 1. The Bertz CT molecular complexity index is 840. The summed E-state index contributed by atoms with van der Waals surface area (Å²) in [7, 11) is 0. The Labute approximate surface area is 150 Å². The first-order valence-corrected chi connectivity index (χ1v) is 9.06. The maximum absolute atomic E-state index is 12.3. The first kappa shape index (κ1) is 17.2. The topological polar surface area (TPSA) is 64.4 Å². The van der Waals surface area contributed by atoms with Crippen LogP contribution in [0.4, 0.5) is 5.69 Å². The summed E-state index contributed by atoms with van der Waals surface area (Å²) in [4.78, 5) is 17.7. The average Bonchev–Trinajstić information content (AvgIpc) is 3.24. The highest BCUT2D eigenvalue weighted by Gasteiger charge is 2.15. The molecule has 3 rings (SSSR count). The molecule has 0 aliphatic heterocycles. The second kappa shape index (κ2) is 7.98. The zero-order valence-corrected chi connectivity index (χ0v) is 15.1. The fraction of sp³-hybridized carbons (Fsp3) is 0.263. The fourth-order valence-corrected chi connectivity index (χ4v) is 2.99. The number of aromatic nitrogens is 1. The summed E-state index contributed by atoms with van der Waals surface area (Å²) in [6, 6.07) is 11.3. The molecule has 0 saturated heterocycles. The van der Waals surface area contributed by atoms with Gasteiger partial charge < -0.3 is 14.5 Å². The van der Waals surface area contributed by atoms with Gasteiger partial charge in [0.05, 0.1) is 23.6 Å². The van der Waals surface area contributed by atoms with Crippen LogP contribution in [-0.2, 0) is 11.2 Å². The number of hydrogen-bond acceptors (Lipinski definition) is 5. The lowest BCUT2D eigenvalue weighted by Gasteiger charge is -2.08. The van der Waals surface area contributed by atoms with E-state index < -0.39 is 0 Å². The normalized spacial score (nSPS) is 10.6. The third kappa shape index (κ3) is 4.48. The molecule has 0 spiro atoms. The van der Waals surface area contributed by atoms with Crippen LogP contribution < -0.4 is 10.1 Å². The van der Waals surface area contributed by atoms with Crippen molar-refractivity contribution in [2.75, 3.05) is 11.9 Å². The van der Waals surface area contributed by atoms with Crippen molar-refractivity contribution in [3.8, 4) is 16.5 Å². The lowest BCUT2D eigenvalue weighted by molar-refractivity contribution is -0.115. The summed E-state index contributed by atoms with van der Waals surface area (Å²) in [5.74, 6) is 1.84. The van der Waals surface area contributed by atoms with Gasteiger partial charge in [-0.2, -0.15) is 0 Å². The van der Waals surface area contributed by atoms with Gasteiger partial charge in [0, 0.05) is 11.8 Å². The van der Waals surface area contributed by atoms with Crippen LogP contribution in [0.5, 0.6) is 5.75 Å². The molecule has 1 aromatic carbocycles. The Balaban J connectivity index is 1.65. The van der Waals surface area contributed by atoms with Gasteiger partial charge in [-0.25, -0.2) is 4.98 Å². The SMILES string of the molecule is CCCOc1cccc(NC(=O)Cc2nc(-c3cccs3)oc2C)c1. The highest BCUT2D eigenvalue weighted by atomic mass is 32.1.